The zero-order valence-corrected chi connectivity index (χ0v) is 16.0. The Labute approximate surface area is 158 Å². The SMILES string of the molecule is C[C@@H]1CCCC[C@H]1OCCNC(=O)[C@@]12CCC(=O)N1c1ccccc1S2. The molecule has 2 amide bonds. The van der Waals surface area contributed by atoms with Crippen molar-refractivity contribution in [2.24, 2.45) is 5.92 Å². The summed E-state index contributed by atoms with van der Waals surface area (Å²) in [5, 5.41) is 3.02. The molecule has 0 unspecified atom stereocenters. The number of carbonyl (C=O) groups excluding carboxylic acids is 2. The predicted octanol–water partition coefficient (Wildman–Crippen LogP) is 3.33. The van der Waals surface area contributed by atoms with E-state index in [2.05, 4.69) is 12.2 Å². The molecule has 6 heteroatoms. The zero-order valence-electron chi connectivity index (χ0n) is 15.2. The maximum absolute atomic E-state index is 13.0. The molecule has 1 aromatic carbocycles. The van der Waals surface area contributed by atoms with E-state index in [9.17, 15) is 9.59 Å². The summed E-state index contributed by atoms with van der Waals surface area (Å²) in [6, 6.07) is 7.77. The van der Waals surface area contributed by atoms with Crippen LogP contribution in [0.1, 0.15) is 45.4 Å². The molecule has 2 heterocycles. The van der Waals surface area contributed by atoms with Crippen LogP contribution in [0.2, 0.25) is 0 Å². The molecule has 1 aromatic rings. The molecule has 0 aromatic heterocycles. The molecule has 1 saturated carbocycles. The van der Waals surface area contributed by atoms with E-state index in [0.29, 0.717) is 38.0 Å². The average molecular weight is 375 g/mol. The number of carbonyl (C=O) groups is 2. The van der Waals surface area contributed by atoms with Gasteiger partial charge in [-0.15, -0.1) is 0 Å². The highest BCUT2D eigenvalue weighted by Crippen LogP contribution is 2.55. The molecule has 4 rings (SSSR count). The second-order valence-corrected chi connectivity index (χ2v) is 8.83. The van der Waals surface area contributed by atoms with Crippen molar-refractivity contribution in [3.05, 3.63) is 24.3 Å². The van der Waals surface area contributed by atoms with Crippen LogP contribution < -0.4 is 10.2 Å². The molecule has 3 atom stereocenters. The van der Waals surface area contributed by atoms with Gasteiger partial charge in [0, 0.05) is 17.9 Å². The van der Waals surface area contributed by atoms with Crippen LogP contribution in [0.5, 0.6) is 0 Å². The van der Waals surface area contributed by atoms with Crippen molar-refractivity contribution in [3.63, 3.8) is 0 Å². The Bertz CT molecular complexity index is 710. The number of ether oxygens (including phenoxy) is 1. The third-order valence-electron chi connectivity index (χ3n) is 5.78. The molecule has 0 bridgehead atoms. The van der Waals surface area contributed by atoms with Crippen molar-refractivity contribution in [2.45, 2.75) is 61.3 Å². The first-order valence-corrected chi connectivity index (χ1v) is 10.4. The van der Waals surface area contributed by atoms with E-state index in [1.807, 2.05) is 24.3 Å². The lowest BCUT2D eigenvalue weighted by molar-refractivity contribution is -0.125. The molecular formula is C20H26N2O3S. The standard InChI is InChI=1S/C20H26N2O3S/c1-14-6-2-4-8-16(14)25-13-12-21-19(24)20-11-10-18(23)22(20)15-7-3-5-9-17(15)26-20/h3,5,7,9,14,16H,2,4,6,8,10-13H2,1H3,(H,21,24)/t14-,16-,20+/m1/s1. The van der Waals surface area contributed by atoms with Crippen LogP contribution >= 0.6 is 11.8 Å². The fourth-order valence-corrected chi connectivity index (χ4v) is 5.78. The van der Waals surface area contributed by atoms with Crippen molar-refractivity contribution in [2.75, 3.05) is 18.1 Å². The lowest BCUT2D eigenvalue weighted by Gasteiger charge is -2.30. The van der Waals surface area contributed by atoms with Crippen LogP contribution in [-0.2, 0) is 14.3 Å². The summed E-state index contributed by atoms with van der Waals surface area (Å²) in [6.07, 6.45) is 6.16. The van der Waals surface area contributed by atoms with Crippen LogP contribution in [0.25, 0.3) is 0 Å². The Morgan fingerprint density at radius 3 is 3.00 bits per heavy atom. The Morgan fingerprint density at radius 2 is 2.15 bits per heavy atom. The Kier molecular flexibility index (Phi) is 4.97. The van der Waals surface area contributed by atoms with Gasteiger partial charge in [-0.2, -0.15) is 0 Å². The fourth-order valence-electron chi connectivity index (χ4n) is 4.34. The van der Waals surface area contributed by atoms with E-state index < -0.39 is 4.87 Å². The number of thioether (sulfide) groups is 1. The topological polar surface area (TPSA) is 58.6 Å². The number of hydrogen-bond donors (Lipinski definition) is 1. The first kappa shape index (κ1) is 17.9. The van der Waals surface area contributed by atoms with Gasteiger partial charge in [0.15, 0.2) is 4.87 Å². The van der Waals surface area contributed by atoms with E-state index in [-0.39, 0.29) is 11.8 Å². The minimum atomic E-state index is -0.821. The Hall–Kier alpha value is -1.53. The maximum Gasteiger partial charge on any atom is 0.257 e. The molecule has 3 aliphatic rings. The maximum atomic E-state index is 13.0. The number of rotatable bonds is 5. The number of amides is 2. The highest BCUT2D eigenvalue weighted by atomic mass is 32.2. The van der Waals surface area contributed by atoms with E-state index in [4.69, 9.17) is 4.74 Å². The van der Waals surface area contributed by atoms with Crippen molar-refractivity contribution in [1.29, 1.82) is 0 Å². The van der Waals surface area contributed by atoms with Crippen LogP contribution in [0.15, 0.2) is 29.2 Å². The van der Waals surface area contributed by atoms with E-state index in [1.54, 1.807) is 4.90 Å². The lowest BCUT2D eigenvalue weighted by atomic mass is 9.88. The van der Waals surface area contributed by atoms with Gasteiger partial charge in [-0.1, -0.05) is 43.7 Å². The third-order valence-corrected chi connectivity index (χ3v) is 7.26. The summed E-state index contributed by atoms with van der Waals surface area (Å²) in [5.74, 6) is 0.551. The molecule has 5 nitrogen and oxygen atoms in total. The Morgan fingerprint density at radius 1 is 1.35 bits per heavy atom. The van der Waals surface area contributed by atoms with Crippen LogP contribution in [0, 0.1) is 5.92 Å². The molecule has 1 N–H and O–H groups in total. The minimum absolute atomic E-state index is 0.0323. The minimum Gasteiger partial charge on any atom is -0.376 e. The summed E-state index contributed by atoms with van der Waals surface area (Å²) >= 11 is 1.50. The second-order valence-electron chi connectivity index (χ2n) is 7.51. The largest absolute Gasteiger partial charge is 0.376 e. The first-order valence-electron chi connectivity index (χ1n) is 9.63. The number of para-hydroxylation sites is 1. The molecule has 0 spiro atoms. The Balaban J connectivity index is 1.36. The summed E-state index contributed by atoms with van der Waals surface area (Å²) in [5.41, 5.74) is 0.863. The lowest BCUT2D eigenvalue weighted by Crippen LogP contribution is -2.53. The molecule has 140 valence electrons. The molecule has 1 aliphatic carbocycles. The molecule has 26 heavy (non-hydrogen) atoms. The van der Waals surface area contributed by atoms with Gasteiger partial charge in [-0.25, -0.2) is 0 Å². The number of nitrogens with one attached hydrogen (secondary N) is 1. The summed E-state index contributed by atoms with van der Waals surface area (Å²) < 4.78 is 6.00. The van der Waals surface area contributed by atoms with Crippen molar-refractivity contribution in [3.8, 4) is 0 Å². The zero-order chi connectivity index (χ0) is 18.1. The summed E-state index contributed by atoms with van der Waals surface area (Å²) in [6.45, 7) is 3.26. The van der Waals surface area contributed by atoms with Gasteiger partial charge in [0.25, 0.3) is 5.91 Å². The highest BCUT2D eigenvalue weighted by Gasteiger charge is 2.57. The van der Waals surface area contributed by atoms with Gasteiger partial charge < -0.3 is 10.1 Å². The predicted molar refractivity (Wildman–Crippen MR) is 102 cm³/mol. The van der Waals surface area contributed by atoms with E-state index in [1.165, 1.54) is 31.0 Å². The average Bonchev–Trinajstić information content (AvgIpc) is 3.16. The smallest absolute Gasteiger partial charge is 0.257 e. The number of benzene rings is 1. The van der Waals surface area contributed by atoms with Crippen LogP contribution in [0.4, 0.5) is 5.69 Å². The fraction of sp³-hybridized carbons (Fsp3) is 0.600. The van der Waals surface area contributed by atoms with Gasteiger partial charge in [-0.05, 0) is 37.3 Å². The van der Waals surface area contributed by atoms with Gasteiger partial charge >= 0.3 is 0 Å². The van der Waals surface area contributed by atoms with E-state index >= 15 is 0 Å². The number of fused-ring (bicyclic) bond motifs is 3. The molecule has 2 fully saturated rings. The number of anilines is 1. The normalized spacial score (nSPS) is 30.2. The summed E-state index contributed by atoms with van der Waals surface area (Å²) in [4.78, 5) is 27.3. The molecule has 1 saturated heterocycles. The quantitative estimate of drug-likeness (QED) is 0.803. The van der Waals surface area contributed by atoms with Gasteiger partial charge in [0.1, 0.15) is 0 Å². The van der Waals surface area contributed by atoms with Crippen molar-refractivity contribution >= 4 is 29.3 Å². The van der Waals surface area contributed by atoms with Crippen LogP contribution in [-0.4, -0.2) is 35.9 Å². The van der Waals surface area contributed by atoms with Crippen LogP contribution in [0.3, 0.4) is 0 Å². The molecule has 0 radical (unpaired) electrons. The van der Waals surface area contributed by atoms with Gasteiger partial charge in [0.05, 0.1) is 18.4 Å². The summed E-state index contributed by atoms with van der Waals surface area (Å²) in [7, 11) is 0. The third kappa shape index (κ3) is 3.03. The highest BCUT2D eigenvalue weighted by molar-refractivity contribution is 8.02. The van der Waals surface area contributed by atoms with Crippen molar-refractivity contribution < 1.29 is 14.3 Å². The van der Waals surface area contributed by atoms with Crippen molar-refractivity contribution in [1.82, 2.24) is 5.32 Å². The van der Waals surface area contributed by atoms with Gasteiger partial charge in [0.2, 0.25) is 5.91 Å². The van der Waals surface area contributed by atoms with Gasteiger partial charge in [-0.3, -0.25) is 14.5 Å². The molecule has 2 aliphatic heterocycles. The monoisotopic (exact) mass is 374 g/mol. The first-order chi connectivity index (χ1) is 12.6. The second kappa shape index (κ2) is 7.24. The number of hydrogen-bond acceptors (Lipinski definition) is 4. The number of nitrogens with zero attached hydrogens (tertiary/aromatic N) is 1. The van der Waals surface area contributed by atoms with E-state index in [0.717, 1.165) is 17.0 Å². The molecular weight excluding hydrogens is 348 g/mol.